The number of ether oxygens (including phenoxy) is 1. The summed E-state index contributed by atoms with van der Waals surface area (Å²) >= 11 is 0. The Bertz CT molecular complexity index is 634. The molecule has 0 aliphatic carbocycles. The van der Waals surface area contributed by atoms with Gasteiger partial charge in [-0.05, 0) is 18.6 Å². The van der Waals surface area contributed by atoms with Crippen molar-refractivity contribution in [3.8, 4) is 0 Å². The van der Waals surface area contributed by atoms with Crippen LogP contribution >= 0.6 is 0 Å². The van der Waals surface area contributed by atoms with Gasteiger partial charge in [-0.2, -0.15) is 4.39 Å². The molecule has 0 spiro atoms. The standard InChI is InChI=1S/C15H13F2NO4/c1-22-15(21)12(17)11(16)7-4-8-18-13(19)9-5-2-3-6-10(9)14(18)20/h2-3,5-6H,4,7-8H2,1H3/b12-11-. The lowest BCUT2D eigenvalue weighted by molar-refractivity contribution is -0.138. The van der Waals surface area contributed by atoms with Crippen molar-refractivity contribution in [1.29, 1.82) is 0 Å². The van der Waals surface area contributed by atoms with Gasteiger partial charge in [0.15, 0.2) is 0 Å². The van der Waals surface area contributed by atoms with Gasteiger partial charge in [0.05, 0.1) is 18.2 Å². The number of esters is 1. The van der Waals surface area contributed by atoms with Crippen molar-refractivity contribution in [2.75, 3.05) is 13.7 Å². The number of carbonyl (C=O) groups excluding carboxylic acids is 3. The fourth-order valence-electron chi connectivity index (χ4n) is 2.14. The van der Waals surface area contributed by atoms with E-state index >= 15 is 0 Å². The molecule has 0 saturated carbocycles. The van der Waals surface area contributed by atoms with E-state index in [1.165, 1.54) is 12.1 Å². The van der Waals surface area contributed by atoms with Gasteiger partial charge in [0.1, 0.15) is 5.83 Å². The van der Waals surface area contributed by atoms with Gasteiger partial charge in [-0.1, -0.05) is 12.1 Å². The van der Waals surface area contributed by atoms with E-state index in [9.17, 15) is 23.2 Å². The van der Waals surface area contributed by atoms with Gasteiger partial charge in [0.25, 0.3) is 11.8 Å². The van der Waals surface area contributed by atoms with Crippen molar-refractivity contribution in [2.45, 2.75) is 12.8 Å². The van der Waals surface area contributed by atoms with Crippen LogP contribution in [0.1, 0.15) is 33.6 Å². The number of rotatable bonds is 5. The molecule has 5 nitrogen and oxygen atoms in total. The third-order valence-corrected chi connectivity index (χ3v) is 3.26. The average molecular weight is 309 g/mol. The number of halogens is 2. The van der Waals surface area contributed by atoms with Crippen LogP contribution in [0.25, 0.3) is 0 Å². The molecule has 0 saturated heterocycles. The first kappa shape index (κ1) is 15.8. The number of hydrogen-bond acceptors (Lipinski definition) is 4. The van der Waals surface area contributed by atoms with Crippen molar-refractivity contribution in [1.82, 2.24) is 4.90 Å². The first-order chi connectivity index (χ1) is 10.5. The van der Waals surface area contributed by atoms with Gasteiger partial charge in [0, 0.05) is 13.0 Å². The van der Waals surface area contributed by atoms with Crippen molar-refractivity contribution in [3.63, 3.8) is 0 Å². The molecule has 0 atom stereocenters. The zero-order valence-corrected chi connectivity index (χ0v) is 11.8. The molecule has 0 fully saturated rings. The third-order valence-electron chi connectivity index (χ3n) is 3.26. The van der Waals surface area contributed by atoms with Gasteiger partial charge in [-0.3, -0.25) is 14.5 Å². The highest BCUT2D eigenvalue weighted by Gasteiger charge is 2.34. The van der Waals surface area contributed by atoms with Crippen LogP contribution in [-0.4, -0.2) is 36.3 Å². The Morgan fingerprint density at radius 1 is 1.14 bits per heavy atom. The molecule has 0 unspecified atom stereocenters. The second-order valence-corrected chi connectivity index (χ2v) is 4.62. The number of amides is 2. The highest BCUT2D eigenvalue weighted by Crippen LogP contribution is 2.23. The summed E-state index contributed by atoms with van der Waals surface area (Å²) in [7, 11) is 0.938. The Balaban J connectivity index is 1.98. The molecule has 0 radical (unpaired) electrons. The normalized spacial score (nSPS) is 14.8. The fourth-order valence-corrected chi connectivity index (χ4v) is 2.14. The summed E-state index contributed by atoms with van der Waals surface area (Å²) in [4.78, 5) is 35.8. The molecular formula is C15H13F2NO4. The van der Waals surface area contributed by atoms with E-state index in [0.29, 0.717) is 11.1 Å². The lowest BCUT2D eigenvalue weighted by Gasteiger charge is -2.13. The molecule has 7 heteroatoms. The van der Waals surface area contributed by atoms with E-state index in [0.717, 1.165) is 12.0 Å². The van der Waals surface area contributed by atoms with E-state index < -0.39 is 35.9 Å². The molecule has 0 bridgehead atoms. The van der Waals surface area contributed by atoms with E-state index in [2.05, 4.69) is 4.74 Å². The summed E-state index contributed by atoms with van der Waals surface area (Å²) in [5.41, 5.74) is 0.591. The van der Waals surface area contributed by atoms with E-state index in [-0.39, 0.29) is 13.0 Å². The summed E-state index contributed by atoms with van der Waals surface area (Å²) in [5.74, 6) is -5.16. The second kappa shape index (κ2) is 6.46. The number of methoxy groups -OCH3 is 1. The maximum Gasteiger partial charge on any atom is 0.369 e. The topological polar surface area (TPSA) is 63.7 Å². The fraction of sp³-hybridized carbons (Fsp3) is 0.267. The molecule has 1 aliphatic rings. The maximum atomic E-state index is 13.4. The number of fused-ring (bicyclic) bond motifs is 1. The van der Waals surface area contributed by atoms with Crippen LogP contribution in [0, 0.1) is 0 Å². The Hall–Kier alpha value is -2.57. The molecule has 22 heavy (non-hydrogen) atoms. The molecular weight excluding hydrogens is 296 g/mol. The number of nitrogens with zero attached hydrogens (tertiary/aromatic N) is 1. The molecule has 2 amide bonds. The third kappa shape index (κ3) is 2.88. The maximum absolute atomic E-state index is 13.4. The summed E-state index contributed by atoms with van der Waals surface area (Å²) in [6.45, 7) is -0.0613. The molecule has 1 aromatic carbocycles. The summed E-state index contributed by atoms with van der Waals surface area (Å²) < 4.78 is 30.6. The van der Waals surface area contributed by atoms with Crippen molar-refractivity contribution < 1.29 is 27.9 Å². The first-order valence-electron chi connectivity index (χ1n) is 6.55. The highest BCUT2D eigenvalue weighted by molar-refractivity contribution is 6.21. The van der Waals surface area contributed by atoms with Gasteiger partial charge in [-0.25, -0.2) is 9.18 Å². The van der Waals surface area contributed by atoms with Gasteiger partial charge in [0.2, 0.25) is 5.83 Å². The van der Waals surface area contributed by atoms with Crippen LogP contribution in [0.2, 0.25) is 0 Å². The van der Waals surface area contributed by atoms with Crippen molar-refractivity contribution >= 4 is 17.8 Å². The van der Waals surface area contributed by atoms with Crippen LogP contribution in [0.15, 0.2) is 35.9 Å². The molecule has 0 aromatic heterocycles. The van der Waals surface area contributed by atoms with Crippen molar-refractivity contribution in [3.05, 3.63) is 47.0 Å². The Morgan fingerprint density at radius 3 is 2.18 bits per heavy atom. The molecule has 1 aliphatic heterocycles. The van der Waals surface area contributed by atoms with Crippen molar-refractivity contribution in [2.24, 2.45) is 0 Å². The predicted molar refractivity (Wildman–Crippen MR) is 72.3 cm³/mol. The van der Waals surface area contributed by atoms with Gasteiger partial charge in [-0.15, -0.1) is 0 Å². The zero-order valence-electron chi connectivity index (χ0n) is 11.8. The monoisotopic (exact) mass is 309 g/mol. The van der Waals surface area contributed by atoms with Crippen LogP contribution in [0.3, 0.4) is 0 Å². The predicted octanol–water partition coefficient (Wildman–Crippen LogP) is 2.39. The van der Waals surface area contributed by atoms with E-state index in [1.54, 1.807) is 12.1 Å². The smallest absolute Gasteiger partial charge is 0.369 e. The molecule has 116 valence electrons. The van der Waals surface area contributed by atoms with E-state index in [1.807, 2.05) is 0 Å². The summed E-state index contributed by atoms with van der Waals surface area (Å²) in [5, 5.41) is 0. The molecule has 2 rings (SSSR count). The minimum atomic E-state index is -1.59. The molecule has 1 heterocycles. The Labute approximate surface area is 125 Å². The summed E-state index contributed by atoms with van der Waals surface area (Å²) in [6.07, 6.45) is -0.407. The highest BCUT2D eigenvalue weighted by atomic mass is 19.2. The average Bonchev–Trinajstić information content (AvgIpc) is 2.78. The minimum absolute atomic E-state index is 0.00170. The van der Waals surface area contributed by atoms with Crippen LogP contribution in [0.4, 0.5) is 8.78 Å². The largest absolute Gasteiger partial charge is 0.464 e. The zero-order chi connectivity index (χ0) is 16.3. The SMILES string of the molecule is COC(=O)/C(F)=C(/F)CCCN1C(=O)c2ccccc2C1=O. The Morgan fingerprint density at radius 2 is 1.68 bits per heavy atom. The summed E-state index contributed by atoms with van der Waals surface area (Å²) in [6, 6.07) is 6.35. The van der Waals surface area contributed by atoms with Crippen LogP contribution < -0.4 is 0 Å². The number of carbonyl (C=O) groups is 3. The van der Waals surface area contributed by atoms with Crippen LogP contribution in [-0.2, 0) is 9.53 Å². The second-order valence-electron chi connectivity index (χ2n) is 4.62. The number of hydrogen-bond donors (Lipinski definition) is 0. The molecule has 0 N–H and O–H groups in total. The number of benzene rings is 1. The first-order valence-corrected chi connectivity index (χ1v) is 6.55. The van der Waals surface area contributed by atoms with Gasteiger partial charge < -0.3 is 4.74 Å². The lowest BCUT2D eigenvalue weighted by Crippen LogP contribution is -2.30. The molecule has 1 aromatic rings. The lowest BCUT2D eigenvalue weighted by atomic mass is 10.1. The number of allylic oxidation sites excluding steroid dienone is 1. The van der Waals surface area contributed by atoms with Gasteiger partial charge >= 0.3 is 5.97 Å². The minimum Gasteiger partial charge on any atom is -0.464 e. The quantitative estimate of drug-likeness (QED) is 0.476. The van der Waals surface area contributed by atoms with Crippen LogP contribution in [0.5, 0.6) is 0 Å². The van der Waals surface area contributed by atoms with E-state index in [4.69, 9.17) is 0 Å². The Kier molecular flexibility index (Phi) is 4.65. The number of imide groups is 1.